The maximum Gasteiger partial charge on any atom is 0.131 e. The fourth-order valence-electron chi connectivity index (χ4n) is 7.93. The van der Waals surface area contributed by atoms with Crippen molar-refractivity contribution in [1.82, 2.24) is 0 Å². The van der Waals surface area contributed by atoms with E-state index in [-0.39, 0.29) is 12.2 Å². The molecular weight excluding hydrogens is 658 g/mol. The highest BCUT2D eigenvalue weighted by molar-refractivity contribution is 7.80. The Morgan fingerprint density at radius 3 is 1.04 bits per heavy atom. The zero-order chi connectivity index (χ0) is 34.9. The van der Waals surface area contributed by atoms with Gasteiger partial charge in [-0.3, -0.25) is 0 Å². The van der Waals surface area contributed by atoms with Gasteiger partial charge < -0.3 is 9.47 Å². The van der Waals surface area contributed by atoms with E-state index in [2.05, 4.69) is 161 Å². The molecular formula is C47H46O2P2. The highest BCUT2D eigenvalue weighted by Gasteiger charge is 2.33. The molecule has 6 aromatic carbocycles. The first-order chi connectivity index (χ1) is 25.0. The summed E-state index contributed by atoms with van der Waals surface area (Å²) in [5.74, 6) is 2.16. The maximum atomic E-state index is 7.41. The Morgan fingerprint density at radius 1 is 0.392 bits per heavy atom. The number of hydrogen-bond donors (Lipinski definition) is 0. The molecule has 6 aromatic rings. The van der Waals surface area contributed by atoms with Crippen molar-refractivity contribution < 1.29 is 9.47 Å². The highest BCUT2D eigenvalue weighted by atomic mass is 31.1. The molecule has 2 bridgehead atoms. The van der Waals surface area contributed by atoms with Gasteiger partial charge in [0.05, 0.1) is 0 Å². The first-order valence-electron chi connectivity index (χ1n) is 18.4. The predicted octanol–water partition coefficient (Wildman–Crippen LogP) is 8.91. The Hall–Kier alpha value is -4.22. The molecule has 2 aliphatic rings. The maximum absolute atomic E-state index is 7.41. The Balaban J connectivity index is 1.27. The fourth-order valence-corrected chi connectivity index (χ4v) is 13.4. The average Bonchev–Trinajstić information content (AvgIpc) is 3.28. The monoisotopic (exact) mass is 704 g/mol. The van der Waals surface area contributed by atoms with Crippen LogP contribution < -0.4 is 41.3 Å². The Bertz CT molecular complexity index is 1940. The van der Waals surface area contributed by atoms with Crippen LogP contribution in [0.3, 0.4) is 0 Å². The van der Waals surface area contributed by atoms with Gasteiger partial charge in [0.1, 0.15) is 23.7 Å². The van der Waals surface area contributed by atoms with Gasteiger partial charge in [0.25, 0.3) is 0 Å². The van der Waals surface area contributed by atoms with Gasteiger partial charge in [-0.05, 0) is 117 Å². The minimum Gasteiger partial charge on any atom is -0.489 e. The molecule has 0 unspecified atom stereocenters. The molecule has 51 heavy (non-hydrogen) atoms. The van der Waals surface area contributed by atoms with Crippen LogP contribution in [0.2, 0.25) is 0 Å². The van der Waals surface area contributed by atoms with E-state index in [1.807, 2.05) is 0 Å². The highest BCUT2D eigenvalue weighted by Crippen LogP contribution is 2.44. The summed E-state index contributed by atoms with van der Waals surface area (Å²) in [7, 11) is -1.69. The van der Waals surface area contributed by atoms with Gasteiger partial charge in [0, 0.05) is 23.5 Å². The van der Waals surface area contributed by atoms with Crippen molar-refractivity contribution in [3.8, 4) is 11.5 Å². The average molecular weight is 705 g/mol. The van der Waals surface area contributed by atoms with E-state index in [1.54, 1.807) is 0 Å². The predicted molar refractivity (Wildman–Crippen MR) is 219 cm³/mol. The summed E-state index contributed by atoms with van der Waals surface area (Å²) >= 11 is 0. The molecule has 0 saturated carbocycles. The van der Waals surface area contributed by atoms with Crippen LogP contribution in [0.15, 0.2) is 133 Å². The molecule has 2 heterocycles. The molecule has 256 valence electrons. The lowest BCUT2D eigenvalue weighted by Gasteiger charge is -2.31. The lowest BCUT2D eigenvalue weighted by atomic mass is 10.0. The normalized spacial score (nSPS) is 16.9. The molecule has 0 amide bonds. The minimum absolute atomic E-state index is 0.0492. The summed E-state index contributed by atoms with van der Waals surface area (Å²) in [6.07, 6.45) is 4.84. The second-order valence-electron chi connectivity index (χ2n) is 14.2. The minimum atomic E-state index is -0.844. The SMILES string of the molecule is Cc1ccccc1P(c1ccccc1C)c1cccc2c1O[C@H]1CCC[C@@H](C2)Oc2c(cccc2P(c2ccccc2C)c2ccccc2C)C1. The van der Waals surface area contributed by atoms with Crippen molar-refractivity contribution in [3.63, 3.8) is 0 Å². The van der Waals surface area contributed by atoms with E-state index in [9.17, 15) is 0 Å². The third kappa shape index (κ3) is 6.78. The van der Waals surface area contributed by atoms with Gasteiger partial charge in [-0.2, -0.15) is 0 Å². The quantitative estimate of drug-likeness (QED) is 0.161. The number of para-hydroxylation sites is 2. The lowest BCUT2D eigenvalue weighted by Crippen LogP contribution is -2.31. The van der Waals surface area contributed by atoms with E-state index in [1.165, 1.54) is 65.2 Å². The van der Waals surface area contributed by atoms with Gasteiger partial charge in [-0.25, -0.2) is 0 Å². The van der Waals surface area contributed by atoms with Gasteiger partial charge in [0.15, 0.2) is 0 Å². The molecule has 0 aliphatic carbocycles. The molecule has 0 radical (unpaired) electrons. The van der Waals surface area contributed by atoms with E-state index in [0.29, 0.717) is 0 Å². The van der Waals surface area contributed by atoms with Gasteiger partial charge >= 0.3 is 0 Å². The summed E-state index contributed by atoms with van der Waals surface area (Å²) < 4.78 is 14.8. The smallest absolute Gasteiger partial charge is 0.131 e. The molecule has 0 spiro atoms. The van der Waals surface area contributed by atoms with Crippen molar-refractivity contribution >= 4 is 47.7 Å². The van der Waals surface area contributed by atoms with Gasteiger partial charge in [-0.15, -0.1) is 0 Å². The third-order valence-corrected chi connectivity index (χ3v) is 16.2. The number of rotatable bonds is 6. The standard InChI is InChI=1S/C47H46O2P2/c1-32-16-5-9-24-40(32)50(41-25-10-6-17-33(41)2)44-28-13-20-36-30-39-23-15-22-38(48-46(36)44)31-37-21-14-29-45(47(37)49-39)51(42-26-11-7-18-34(42)3)43-27-12-8-19-35(43)4/h5-14,16-21,24-29,38-39H,15,22-23,30-31H2,1-4H3/t38-,39-/m0/s1. The van der Waals surface area contributed by atoms with E-state index >= 15 is 0 Å². The molecule has 0 N–H and O–H groups in total. The molecule has 2 aliphatic heterocycles. The summed E-state index contributed by atoms with van der Waals surface area (Å²) in [5, 5.41) is 8.20. The van der Waals surface area contributed by atoms with Crippen molar-refractivity contribution in [3.05, 3.63) is 167 Å². The third-order valence-electron chi connectivity index (χ3n) is 10.6. The van der Waals surface area contributed by atoms with Crippen LogP contribution >= 0.6 is 15.8 Å². The molecule has 2 atom stereocenters. The molecule has 8 rings (SSSR count). The van der Waals surface area contributed by atoms with Crippen LogP contribution in [-0.4, -0.2) is 12.2 Å². The number of benzene rings is 6. The first kappa shape index (κ1) is 33.9. The second-order valence-corrected chi connectivity index (χ2v) is 18.4. The first-order valence-corrected chi connectivity index (χ1v) is 21.0. The number of ether oxygens (including phenoxy) is 2. The summed E-state index contributed by atoms with van der Waals surface area (Å²) in [5.41, 5.74) is 7.83. The zero-order valence-corrected chi connectivity index (χ0v) is 31.9. The largest absolute Gasteiger partial charge is 0.489 e. The Kier molecular flexibility index (Phi) is 9.83. The second kappa shape index (κ2) is 14.8. The van der Waals surface area contributed by atoms with Gasteiger partial charge in [-0.1, -0.05) is 133 Å². The summed E-state index contributed by atoms with van der Waals surface area (Å²) in [4.78, 5) is 0. The number of hydrogen-bond acceptors (Lipinski definition) is 2. The van der Waals surface area contributed by atoms with Crippen LogP contribution in [0, 0.1) is 27.7 Å². The Morgan fingerprint density at radius 2 is 0.706 bits per heavy atom. The van der Waals surface area contributed by atoms with E-state index in [4.69, 9.17) is 9.47 Å². The molecule has 2 nitrogen and oxygen atoms in total. The van der Waals surface area contributed by atoms with Crippen molar-refractivity contribution in [2.24, 2.45) is 0 Å². The Labute approximate surface area is 306 Å². The van der Waals surface area contributed by atoms with Crippen molar-refractivity contribution in [2.45, 2.75) is 72.0 Å². The molecule has 0 aromatic heterocycles. The van der Waals surface area contributed by atoms with Gasteiger partial charge in [0.2, 0.25) is 0 Å². The molecule has 4 heteroatoms. The summed E-state index contributed by atoms with van der Waals surface area (Å²) in [6.45, 7) is 9.01. The zero-order valence-electron chi connectivity index (χ0n) is 30.1. The van der Waals surface area contributed by atoms with E-state index < -0.39 is 15.8 Å². The number of fused-ring (bicyclic) bond motifs is 6. The molecule has 0 fully saturated rings. The van der Waals surface area contributed by atoms with Crippen LogP contribution in [0.4, 0.5) is 0 Å². The van der Waals surface area contributed by atoms with Crippen LogP contribution in [0.5, 0.6) is 11.5 Å². The molecule has 0 saturated heterocycles. The van der Waals surface area contributed by atoms with Crippen LogP contribution in [0.25, 0.3) is 0 Å². The topological polar surface area (TPSA) is 18.5 Å². The fraction of sp³-hybridized carbons (Fsp3) is 0.234. The summed E-state index contributed by atoms with van der Waals surface area (Å²) in [6, 6.07) is 49.5. The van der Waals surface area contributed by atoms with E-state index in [0.717, 1.165) is 43.6 Å². The number of aryl methyl sites for hydroxylation is 4. The van der Waals surface area contributed by atoms with Crippen molar-refractivity contribution in [1.29, 1.82) is 0 Å². The van der Waals surface area contributed by atoms with Crippen LogP contribution in [0.1, 0.15) is 52.6 Å². The van der Waals surface area contributed by atoms with Crippen LogP contribution in [-0.2, 0) is 12.8 Å². The lowest BCUT2D eigenvalue weighted by molar-refractivity contribution is 0.189. The van der Waals surface area contributed by atoms with Crippen molar-refractivity contribution in [2.75, 3.05) is 0 Å².